The molecule has 3 rings (SSSR count). The lowest BCUT2D eigenvalue weighted by molar-refractivity contribution is 0.0868. The highest BCUT2D eigenvalue weighted by molar-refractivity contribution is 6.03. The summed E-state index contributed by atoms with van der Waals surface area (Å²) >= 11 is 0. The Balaban J connectivity index is 1.83. The lowest BCUT2D eigenvalue weighted by atomic mass is 10.1. The number of carbonyl (C=O) groups excluding carboxylic acids is 1. The average molecular weight is 367 g/mol. The molecule has 27 heavy (non-hydrogen) atoms. The Morgan fingerprint density at radius 3 is 2.63 bits per heavy atom. The Bertz CT molecular complexity index is 1060. The van der Waals surface area contributed by atoms with Gasteiger partial charge in [0.15, 0.2) is 5.69 Å². The second kappa shape index (κ2) is 7.59. The lowest BCUT2D eigenvalue weighted by Crippen LogP contribution is -2.34. The first-order valence-electron chi connectivity index (χ1n) is 8.54. The molecule has 3 aromatic rings. The number of carbonyl (C=O) groups is 1. The molecule has 0 saturated heterocycles. The first-order valence-corrected chi connectivity index (χ1v) is 8.54. The smallest absolute Gasteiger partial charge is 0.274 e. The van der Waals surface area contributed by atoms with Crippen LogP contribution in [0.2, 0.25) is 0 Å². The van der Waals surface area contributed by atoms with Gasteiger partial charge in [0, 0.05) is 5.39 Å². The minimum Gasteiger partial charge on any atom is -0.491 e. The fraction of sp³-hybridized carbons (Fsp3) is 0.250. The number of primary amides is 1. The number of nitrogens with two attached hydrogens (primary N) is 1. The topological polar surface area (TPSA) is 107 Å². The van der Waals surface area contributed by atoms with Crippen LogP contribution in [0, 0.1) is 13.8 Å². The third-order valence-electron chi connectivity index (χ3n) is 4.26. The van der Waals surface area contributed by atoms with Gasteiger partial charge in [0.2, 0.25) is 0 Å². The van der Waals surface area contributed by atoms with Crippen LogP contribution in [-0.2, 0) is 6.54 Å². The molecule has 0 bridgehead atoms. The molecule has 140 valence electrons. The van der Waals surface area contributed by atoms with Gasteiger partial charge in [-0.2, -0.15) is 5.10 Å². The zero-order valence-corrected chi connectivity index (χ0v) is 15.2. The minimum atomic E-state index is -0.989. The first-order chi connectivity index (χ1) is 12.9. The molecule has 0 radical (unpaired) electrons. The maximum absolute atomic E-state index is 12.6. The van der Waals surface area contributed by atoms with Crippen molar-refractivity contribution in [2.45, 2.75) is 26.5 Å². The van der Waals surface area contributed by atoms with Crippen molar-refractivity contribution in [1.82, 2.24) is 9.78 Å². The molecule has 2 aromatic carbocycles. The van der Waals surface area contributed by atoms with E-state index in [9.17, 15) is 14.7 Å². The van der Waals surface area contributed by atoms with Crippen LogP contribution in [0.5, 0.6) is 5.75 Å². The van der Waals surface area contributed by atoms with Gasteiger partial charge in [0.05, 0.1) is 11.9 Å². The molecule has 1 unspecified atom stereocenters. The maximum atomic E-state index is 12.6. The maximum Gasteiger partial charge on any atom is 0.274 e. The fourth-order valence-corrected chi connectivity index (χ4v) is 2.84. The fourth-order valence-electron chi connectivity index (χ4n) is 2.84. The SMILES string of the molecule is Cc1ccc(C)c(OCC(O)Cn2nc(C(N)=O)c3ccccc3c2=O)c1. The number of rotatable bonds is 6. The number of hydrogen-bond donors (Lipinski definition) is 2. The summed E-state index contributed by atoms with van der Waals surface area (Å²) in [5, 5.41) is 15.1. The van der Waals surface area contributed by atoms with Gasteiger partial charge in [-0.05, 0) is 37.1 Å². The summed E-state index contributed by atoms with van der Waals surface area (Å²) in [6, 6.07) is 12.4. The second-order valence-corrected chi connectivity index (χ2v) is 6.48. The van der Waals surface area contributed by atoms with Crippen LogP contribution in [0.1, 0.15) is 21.6 Å². The van der Waals surface area contributed by atoms with Crippen LogP contribution < -0.4 is 16.0 Å². The van der Waals surface area contributed by atoms with Crippen LogP contribution in [-0.4, -0.2) is 33.5 Å². The number of aromatic nitrogens is 2. The van der Waals surface area contributed by atoms with Crippen molar-refractivity contribution < 1.29 is 14.6 Å². The van der Waals surface area contributed by atoms with Gasteiger partial charge >= 0.3 is 0 Å². The highest BCUT2D eigenvalue weighted by Crippen LogP contribution is 2.19. The Labute approximate surface area is 156 Å². The molecular weight excluding hydrogens is 346 g/mol. The molecule has 1 heterocycles. The quantitative estimate of drug-likeness (QED) is 0.687. The number of hydrogen-bond acceptors (Lipinski definition) is 5. The number of benzene rings is 2. The predicted octanol–water partition coefficient (Wildman–Crippen LogP) is 1.55. The van der Waals surface area contributed by atoms with Gasteiger partial charge in [-0.25, -0.2) is 4.68 Å². The van der Waals surface area contributed by atoms with E-state index in [0.29, 0.717) is 16.5 Å². The van der Waals surface area contributed by atoms with Crippen LogP contribution in [0.3, 0.4) is 0 Å². The molecule has 1 atom stereocenters. The van der Waals surface area contributed by atoms with Crippen LogP contribution >= 0.6 is 0 Å². The van der Waals surface area contributed by atoms with Crippen molar-refractivity contribution in [3.63, 3.8) is 0 Å². The lowest BCUT2D eigenvalue weighted by Gasteiger charge is -2.16. The van der Waals surface area contributed by atoms with E-state index >= 15 is 0 Å². The Morgan fingerprint density at radius 1 is 1.22 bits per heavy atom. The number of aliphatic hydroxyl groups excluding tert-OH is 1. The normalized spacial score (nSPS) is 12.1. The number of amides is 1. The van der Waals surface area contributed by atoms with E-state index in [2.05, 4.69) is 5.10 Å². The van der Waals surface area contributed by atoms with E-state index in [4.69, 9.17) is 10.5 Å². The van der Waals surface area contributed by atoms with Crippen LogP contribution in [0.25, 0.3) is 10.8 Å². The van der Waals surface area contributed by atoms with E-state index < -0.39 is 17.6 Å². The summed E-state index contributed by atoms with van der Waals surface area (Å²) in [5.41, 5.74) is 6.98. The summed E-state index contributed by atoms with van der Waals surface area (Å²) in [6.45, 7) is 3.73. The van der Waals surface area contributed by atoms with Crippen molar-refractivity contribution in [3.8, 4) is 5.75 Å². The number of ether oxygens (including phenoxy) is 1. The molecule has 7 nitrogen and oxygen atoms in total. The number of aliphatic hydroxyl groups is 1. The van der Waals surface area contributed by atoms with E-state index in [-0.39, 0.29) is 18.8 Å². The first kappa shape index (κ1) is 18.6. The zero-order chi connectivity index (χ0) is 19.6. The number of nitrogens with zero attached hydrogens (tertiary/aromatic N) is 2. The van der Waals surface area contributed by atoms with Gasteiger partial charge in [0.25, 0.3) is 11.5 Å². The molecule has 0 aliphatic carbocycles. The number of aryl methyl sites for hydroxylation is 2. The van der Waals surface area contributed by atoms with E-state index in [1.54, 1.807) is 24.3 Å². The Kier molecular flexibility index (Phi) is 5.23. The molecule has 0 aliphatic rings. The van der Waals surface area contributed by atoms with Crippen molar-refractivity contribution in [2.75, 3.05) is 6.61 Å². The van der Waals surface area contributed by atoms with Crippen molar-refractivity contribution in [1.29, 1.82) is 0 Å². The van der Waals surface area contributed by atoms with E-state index in [0.717, 1.165) is 15.8 Å². The minimum absolute atomic E-state index is 0.00662. The van der Waals surface area contributed by atoms with Crippen LogP contribution in [0.15, 0.2) is 47.3 Å². The largest absolute Gasteiger partial charge is 0.491 e. The summed E-state index contributed by atoms with van der Waals surface area (Å²) in [4.78, 5) is 24.3. The van der Waals surface area contributed by atoms with Crippen molar-refractivity contribution >= 4 is 16.7 Å². The molecule has 0 saturated carbocycles. The van der Waals surface area contributed by atoms with Crippen LogP contribution in [0.4, 0.5) is 0 Å². The molecule has 0 aliphatic heterocycles. The van der Waals surface area contributed by atoms with Gasteiger partial charge in [-0.15, -0.1) is 0 Å². The molecule has 0 fully saturated rings. The van der Waals surface area contributed by atoms with E-state index in [1.807, 2.05) is 32.0 Å². The highest BCUT2D eigenvalue weighted by Gasteiger charge is 2.16. The van der Waals surface area contributed by atoms with Gasteiger partial charge < -0.3 is 15.6 Å². The predicted molar refractivity (Wildman–Crippen MR) is 102 cm³/mol. The third kappa shape index (κ3) is 3.98. The molecule has 0 spiro atoms. The summed E-state index contributed by atoms with van der Waals surface area (Å²) in [5.74, 6) is -0.0632. The third-order valence-corrected chi connectivity index (χ3v) is 4.26. The van der Waals surface area contributed by atoms with Crippen molar-refractivity contribution in [2.24, 2.45) is 5.73 Å². The Hall–Kier alpha value is -3.19. The summed E-state index contributed by atoms with van der Waals surface area (Å²) in [7, 11) is 0. The standard InChI is InChI=1S/C20H21N3O4/c1-12-7-8-13(2)17(9-12)27-11-14(24)10-23-20(26)16-6-4-3-5-15(16)18(22-23)19(21)25/h3-9,14,24H,10-11H2,1-2H3,(H2,21,25). The molecule has 1 aromatic heterocycles. The Morgan fingerprint density at radius 2 is 1.93 bits per heavy atom. The van der Waals surface area contributed by atoms with Gasteiger partial charge in [-0.1, -0.05) is 30.3 Å². The highest BCUT2D eigenvalue weighted by atomic mass is 16.5. The second-order valence-electron chi connectivity index (χ2n) is 6.48. The molecular formula is C20H21N3O4. The van der Waals surface area contributed by atoms with Gasteiger partial charge in [0.1, 0.15) is 18.5 Å². The molecule has 1 amide bonds. The average Bonchev–Trinajstić information content (AvgIpc) is 2.64. The zero-order valence-electron chi connectivity index (χ0n) is 15.2. The summed E-state index contributed by atoms with van der Waals surface area (Å²) < 4.78 is 6.73. The van der Waals surface area contributed by atoms with Crippen molar-refractivity contribution in [3.05, 3.63) is 69.6 Å². The monoisotopic (exact) mass is 367 g/mol. The van der Waals surface area contributed by atoms with E-state index in [1.165, 1.54) is 0 Å². The summed E-state index contributed by atoms with van der Waals surface area (Å²) in [6.07, 6.45) is -0.989. The number of fused-ring (bicyclic) bond motifs is 1. The van der Waals surface area contributed by atoms with Gasteiger partial charge in [-0.3, -0.25) is 9.59 Å². The molecule has 3 N–H and O–H groups in total. The molecule has 7 heteroatoms.